The van der Waals surface area contributed by atoms with Gasteiger partial charge in [-0.2, -0.15) is 0 Å². The number of hydrogen-bond donors (Lipinski definition) is 1. The number of likely N-dealkylation sites (N-methyl/N-ethyl adjacent to an activating group) is 1. The third-order valence-electron chi connectivity index (χ3n) is 5.34. The van der Waals surface area contributed by atoms with Crippen molar-refractivity contribution in [1.29, 1.82) is 0 Å². The van der Waals surface area contributed by atoms with Crippen LogP contribution >= 0.6 is 0 Å². The van der Waals surface area contributed by atoms with Crippen LogP contribution in [-0.2, 0) is 14.6 Å². The lowest BCUT2D eigenvalue weighted by Gasteiger charge is -2.27. The van der Waals surface area contributed by atoms with Crippen LogP contribution in [0, 0.1) is 5.92 Å². The summed E-state index contributed by atoms with van der Waals surface area (Å²) < 4.78 is 34.8. The Kier molecular flexibility index (Phi) is 6.50. The Balaban J connectivity index is 1.66. The first-order valence-corrected chi connectivity index (χ1v) is 11.7. The molecule has 1 saturated heterocycles. The van der Waals surface area contributed by atoms with Crippen LogP contribution in [0.4, 0.5) is 0 Å². The van der Waals surface area contributed by atoms with Crippen LogP contribution in [0.3, 0.4) is 0 Å². The lowest BCUT2D eigenvalue weighted by molar-refractivity contribution is -0.123. The molecule has 3 rings (SSSR count). The van der Waals surface area contributed by atoms with E-state index in [1.165, 1.54) is 0 Å². The van der Waals surface area contributed by atoms with Crippen LogP contribution < -0.4 is 14.8 Å². The smallest absolute Gasteiger partial charge is 0.234 e. The zero-order valence-corrected chi connectivity index (χ0v) is 17.6. The monoisotopic (exact) mass is 410 g/mol. The van der Waals surface area contributed by atoms with Crippen LogP contribution in [0.15, 0.2) is 18.2 Å². The van der Waals surface area contributed by atoms with Crippen molar-refractivity contribution >= 4 is 15.7 Å². The number of nitrogens with one attached hydrogen (secondary N) is 1. The summed E-state index contributed by atoms with van der Waals surface area (Å²) in [6, 6.07) is 5.55. The fourth-order valence-corrected chi connectivity index (χ4v) is 5.51. The molecule has 0 unspecified atom stereocenters. The SMILES string of the molecule is CC(C)[C@@H](NC(=O)CN(C)[C@@H]1CCS(=O)(=O)C1)c1ccc2c(c1)OCCCO2. The van der Waals surface area contributed by atoms with E-state index in [4.69, 9.17) is 9.47 Å². The van der Waals surface area contributed by atoms with Gasteiger partial charge in [0.25, 0.3) is 0 Å². The lowest BCUT2D eigenvalue weighted by atomic mass is 9.95. The summed E-state index contributed by atoms with van der Waals surface area (Å²) in [5.74, 6) is 1.85. The van der Waals surface area contributed by atoms with Crippen molar-refractivity contribution in [3.05, 3.63) is 23.8 Å². The first-order chi connectivity index (χ1) is 13.2. The van der Waals surface area contributed by atoms with E-state index in [1.807, 2.05) is 30.1 Å². The molecule has 1 aromatic carbocycles. The van der Waals surface area contributed by atoms with E-state index in [0.717, 1.165) is 17.7 Å². The summed E-state index contributed by atoms with van der Waals surface area (Å²) >= 11 is 0. The Morgan fingerprint density at radius 2 is 1.96 bits per heavy atom. The van der Waals surface area contributed by atoms with Gasteiger partial charge in [-0.05, 0) is 37.1 Å². The van der Waals surface area contributed by atoms with Crippen molar-refractivity contribution in [2.75, 3.05) is 38.3 Å². The van der Waals surface area contributed by atoms with Gasteiger partial charge in [0.15, 0.2) is 21.3 Å². The second-order valence-corrected chi connectivity index (χ2v) is 10.2. The van der Waals surface area contributed by atoms with Crippen molar-refractivity contribution in [3.8, 4) is 11.5 Å². The molecule has 0 spiro atoms. The first kappa shape index (κ1) is 20.9. The zero-order chi connectivity index (χ0) is 20.3. The fourth-order valence-electron chi connectivity index (χ4n) is 3.71. The highest BCUT2D eigenvalue weighted by Crippen LogP contribution is 2.34. The molecule has 0 radical (unpaired) electrons. The molecule has 156 valence electrons. The number of sulfone groups is 1. The number of fused-ring (bicyclic) bond motifs is 1. The van der Waals surface area contributed by atoms with Gasteiger partial charge in [-0.3, -0.25) is 9.69 Å². The van der Waals surface area contributed by atoms with E-state index < -0.39 is 9.84 Å². The van der Waals surface area contributed by atoms with Crippen LogP contribution in [0.2, 0.25) is 0 Å². The number of rotatable bonds is 6. The van der Waals surface area contributed by atoms with Crippen molar-refractivity contribution < 1.29 is 22.7 Å². The normalized spacial score (nSPS) is 22.1. The van der Waals surface area contributed by atoms with E-state index >= 15 is 0 Å². The molecule has 2 heterocycles. The Bertz CT molecular complexity index is 809. The zero-order valence-electron chi connectivity index (χ0n) is 16.8. The summed E-state index contributed by atoms with van der Waals surface area (Å²) in [4.78, 5) is 14.5. The van der Waals surface area contributed by atoms with Crippen LogP contribution in [-0.4, -0.2) is 63.6 Å². The van der Waals surface area contributed by atoms with E-state index in [2.05, 4.69) is 19.2 Å². The van der Waals surface area contributed by atoms with Gasteiger partial charge in [-0.15, -0.1) is 0 Å². The highest BCUT2D eigenvalue weighted by atomic mass is 32.2. The number of hydrogen-bond acceptors (Lipinski definition) is 6. The fraction of sp³-hybridized carbons (Fsp3) is 0.650. The topological polar surface area (TPSA) is 84.9 Å². The highest BCUT2D eigenvalue weighted by molar-refractivity contribution is 7.91. The predicted octanol–water partition coefficient (Wildman–Crippen LogP) is 1.78. The number of carbonyl (C=O) groups excluding carboxylic acids is 1. The molecule has 28 heavy (non-hydrogen) atoms. The molecule has 0 aliphatic carbocycles. The summed E-state index contributed by atoms with van der Waals surface area (Å²) in [5, 5.41) is 3.10. The second kappa shape index (κ2) is 8.69. The van der Waals surface area contributed by atoms with Crippen LogP contribution in [0.25, 0.3) is 0 Å². The Morgan fingerprint density at radius 3 is 2.61 bits per heavy atom. The van der Waals surface area contributed by atoms with Crippen molar-refractivity contribution in [1.82, 2.24) is 10.2 Å². The average molecular weight is 411 g/mol. The summed E-state index contributed by atoms with van der Waals surface area (Å²) in [6.45, 7) is 5.54. The third kappa shape index (κ3) is 5.17. The average Bonchev–Trinajstić information content (AvgIpc) is 2.85. The van der Waals surface area contributed by atoms with Gasteiger partial charge in [0.05, 0.1) is 37.3 Å². The minimum absolute atomic E-state index is 0.0914. The number of amides is 1. The Morgan fingerprint density at radius 1 is 1.25 bits per heavy atom. The lowest BCUT2D eigenvalue weighted by Crippen LogP contribution is -2.43. The highest BCUT2D eigenvalue weighted by Gasteiger charge is 2.31. The first-order valence-electron chi connectivity index (χ1n) is 9.85. The molecule has 2 aliphatic heterocycles. The molecule has 2 atom stereocenters. The molecular formula is C20H30N2O5S. The number of benzene rings is 1. The standard InChI is InChI=1S/C20H30N2O5S/c1-14(2)20(15-5-6-17-18(11-15)27-9-4-8-26-17)21-19(23)12-22(3)16-7-10-28(24,25)13-16/h5-6,11,14,16,20H,4,7-10,12-13H2,1-3H3,(H,21,23)/t16-,20-/m1/s1. The van der Waals surface area contributed by atoms with Gasteiger partial charge in [0.2, 0.25) is 5.91 Å². The number of ether oxygens (including phenoxy) is 2. The van der Waals surface area contributed by atoms with Gasteiger partial charge < -0.3 is 14.8 Å². The second-order valence-electron chi connectivity index (χ2n) is 8.02. The molecule has 1 fully saturated rings. The molecule has 0 saturated carbocycles. The molecule has 1 aromatic rings. The molecule has 0 aromatic heterocycles. The van der Waals surface area contributed by atoms with E-state index in [-0.39, 0.29) is 42.0 Å². The molecule has 0 bridgehead atoms. The van der Waals surface area contributed by atoms with Crippen molar-refractivity contribution in [3.63, 3.8) is 0 Å². The van der Waals surface area contributed by atoms with E-state index in [1.54, 1.807) is 0 Å². The Labute approximate surface area is 167 Å². The van der Waals surface area contributed by atoms with Crippen LogP contribution in [0.1, 0.15) is 38.3 Å². The predicted molar refractivity (Wildman–Crippen MR) is 107 cm³/mol. The van der Waals surface area contributed by atoms with E-state index in [0.29, 0.717) is 25.4 Å². The summed E-state index contributed by atoms with van der Waals surface area (Å²) in [5.41, 5.74) is 0.971. The Hall–Kier alpha value is -1.80. The quantitative estimate of drug-likeness (QED) is 0.770. The van der Waals surface area contributed by atoms with Crippen molar-refractivity contribution in [2.24, 2.45) is 5.92 Å². The molecular weight excluding hydrogens is 380 g/mol. The minimum atomic E-state index is -2.97. The number of nitrogens with zero attached hydrogens (tertiary/aromatic N) is 1. The van der Waals surface area contributed by atoms with Gasteiger partial charge in [0, 0.05) is 12.5 Å². The number of carbonyl (C=O) groups is 1. The molecule has 8 heteroatoms. The van der Waals surface area contributed by atoms with E-state index in [9.17, 15) is 13.2 Å². The summed E-state index contributed by atoms with van der Waals surface area (Å²) in [6.07, 6.45) is 1.43. The maximum atomic E-state index is 12.6. The molecule has 1 N–H and O–H groups in total. The van der Waals surface area contributed by atoms with Crippen molar-refractivity contribution in [2.45, 2.75) is 38.8 Å². The largest absolute Gasteiger partial charge is 0.490 e. The maximum absolute atomic E-state index is 12.6. The maximum Gasteiger partial charge on any atom is 0.234 e. The molecule has 7 nitrogen and oxygen atoms in total. The van der Waals surface area contributed by atoms with Gasteiger partial charge in [0.1, 0.15) is 0 Å². The van der Waals surface area contributed by atoms with Crippen LogP contribution in [0.5, 0.6) is 11.5 Å². The summed E-state index contributed by atoms with van der Waals surface area (Å²) in [7, 11) is -1.16. The molecule has 2 aliphatic rings. The minimum Gasteiger partial charge on any atom is -0.490 e. The van der Waals surface area contributed by atoms with Gasteiger partial charge in [-0.1, -0.05) is 19.9 Å². The van der Waals surface area contributed by atoms with Gasteiger partial charge >= 0.3 is 0 Å². The molecule has 1 amide bonds. The third-order valence-corrected chi connectivity index (χ3v) is 7.09. The van der Waals surface area contributed by atoms with Gasteiger partial charge in [-0.25, -0.2) is 8.42 Å².